The number of nitrogens with one attached hydrogen (secondary N) is 1. The van der Waals surface area contributed by atoms with Crippen LogP contribution in [0.3, 0.4) is 0 Å². The number of fused-ring (bicyclic) bond motifs is 1. The molecule has 1 saturated heterocycles. The van der Waals surface area contributed by atoms with Crippen LogP contribution in [0.1, 0.15) is 69.3 Å². The van der Waals surface area contributed by atoms with Gasteiger partial charge in [-0.05, 0) is 48.8 Å². The van der Waals surface area contributed by atoms with Gasteiger partial charge in [0.25, 0.3) is 5.91 Å². The van der Waals surface area contributed by atoms with Gasteiger partial charge in [-0.1, -0.05) is 51.6 Å². The van der Waals surface area contributed by atoms with Crippen LogP contribution in [0.5, 0.6) is 0 Å². The molecule has 1 aliphatic heterocycles. The highest BCUT2D eigenvalue weighted by Gasteiger charge is 2.20. The number of rotatable bonds is 8. The molecule has 4 rings (SSSR count). The van der Waals surface area contributed by atoms with Gasteiger partial charge in [0.05, 0.1) is 18.1 Å². The standard InChI is InChI=1S/C26H36N6OS/c1-5-17-34-25-29-22(31-14-7-6-8-15-31)21-18-28-32(23(21)30-25)16-13-27-24(33)19-9-11-20(12-10-19)26(2,3)4/h9-12,18H,5-8,13-17H2,1-4H3,(H,27,33). The minimum Gasteiger partial charge on any atom is -0.356 e. The largest absolute Gasteiger partial charge is 0.356 e. The van der Waals surface area contributed by atoms with Crippen molar-refractivity contribution < 1.29 is 4.79 Å². The molecule has 8 heteroatoms. The summed E-state index contributed by atoms with van der Waals surface area (Å²) < 4.78 is 1.89. The van der Waals surface area contributed by atoms with Crippen LogP contribution in [0, 0.1) is 0 Å². The molecule has 3 heterocycles. The van der Waals surface area contributed by atoms with Crippen LogP contribution in [0.2, 0.25) is 0 Å². The Morgan fingerprint density at radius 2 is 1.82 bits per heavy atom. The molecule has 0 bridgehead atoms. The normalized spacial score (nSPS) is 14.5. The molecular weight excluding hydrogens is 444 g/mol. The summed E-state index contributed by atoms with van der Waals surface area (Å²) in [7, 11) is 0. The van der Waals surface area contributed by atoms with E-state index in [1.165, 1.54) is 24.8 Å². The fraction of sp³-hybridized carbons (Fsp3) is 0.538. The summed E-state index contributed by atoms with van der Waals surface area (Å²) in [5, 5.41) is 9.43. The molecule has 1 aromatic carbocycles. The first kappa shape index (κ1) is 24.5. The minimum absolute atomic E-state index is 0.0688. The molecule has 0 atom stereocenters. The third-order valence-corrected chi connectivity index (χ3v) is 7.22. The minimum atomic E-state index is -0.0697. The highest BCUT2D eigenvalue weighted by atomic mass is 32.2. The number of anilines is 1. The topological polar surface area (TPSA) is 75.9 Å². The first-order valence-electron chi connectivity index (χ1n) is 12.4. The van der Waals surface area contributed by atoms with Gasteiger partial charge in [0.2, 0.25) is 0 Å². The fourth-order valence-corrected chi connectivity index (χ4v) is 4.88. The van der Waals surface area contributed by atoms with Gasteiger partial charge in [0.15, 0.2) is 10.8 Å². The predicted molar refractivity (Wildman–Crippen MR) is 140 cm³/mol. The highest BCUT2D eigenvalue weighted by molar-refractivity contribution is 7.99. The Balaban J connectivity index is 1.47. The zero-order valence-corrected chi connectivity index (χ0v) is 21.6. The van der Waals surface area contributed by atoms with Crippen molar-refractivity contribution in [2.75, 3.05) is 30.3 Å². The number of aromatic nitrogens is 4. The first-order chi connectivity index (χ1) is 16.4. The van der Waals surface area contributed by atoms with E-state index in [4.69, 9.17) is 9.97 Å². The Labute approximate surface area is 206 Å². The van der Waals surface area contributed by atoms with E-state index >= 15 is 0 Å². The first-order valence-corrected chi connectivity index (χ1v) is 13.4. The van der Waals surface area contributed by atoms with Gasteiger partial charge < -0.3 is 10.2 Å². The lowest BCUT2D eigenvalue weighted by Crippen LogP contribution is -2.30. The molecule has 0 unspecified atom stereocenters. The van der Waals surface area contributed by atoms with Crippen molar-refractivity contribution >= 4 is 34.5 Å². The predicted octanol–water partition coefficient (Wildman–Crippen LogP) is 5.05. The average Bonchev–Trinajstić information content (AvgIpc) is 3.25. The number of carbonyl (C=O) groups excluding carboxylic acids is 1. The molecule has 0 radical (unpaired) electrons. The Hall–Kier alpha value is -2.61. The lowest BCUT2D eigenvalue weighted by atomic mass is 9.87. The fourth-order valence-electron chi connectivity index (χ4n) is 4.19. The summed E-state index contributed by atoms with van der Waals surface area (Å²) in [5.74, 6) is 1.92. The number of carbonyl (C=O) groups is 1. The van der Waals surface area contributed by atoms with E-state index in [0.29, 0.717) is 18.7 Å². The molecule has 0 spiro atoms. The Bertz CT molecular complexity index is 1110. The molecule has 182 valence electrons. The van der Waals surface area contributed by atoms with Gasteiger partial charge >= 0.3 is 0 Å². The molecule has 1 fully saturated rings. The smallest absolute Gasteiger partial charge is 0.251 e. The van der Waals surface area contributed by atoms with Crippen LogP contribution in [0.15, 0.2) is 35.6 Å². The van der Waals surface area contributed by atoms with Gasteiger partial charge in [-0.3, -0.25) is 4.79 Å². The molecule has 1 aliphatic rings. The lowest BCUT2D eigenvalue weighted by Gasteiger charge is -2.28. The van der Waals surface area contributed by atoms with Crippen molar-refractivity contribution in [1.29, 1.82) is 0 Å². The second-order valence-corrected chi connectivity index (χ2v) is 11.0. The van der Waals surface area contributed by atoms with Gasteiger partial charge in [-0.25, -0.2) is 14.6 Å². The monoisotopic (exact) mass is 480 g/mol. The maximum Gasteiger partial charge on any atom is 0.251 e. The molecule has 2 aromatic heterocycles. The highest BCUT2D eigenvalue weighted by Crippen LogP contribution is 2.29. The van der Waals surface area contributed by atoms with Crippen molar-refractivity contribution in [2.24, 2.45) is 0 Å². The number of benzene rings is 1. The molecule has 1 amide bonds. The third-order valence-electron chi connectivity index (χ3n) is 6.17. The van der Waals surface area contributed by atoms with Gasteiger partial charge in [0, 0.05) is 31.0 Å². The van der Waals surface area contributed by atoms with Gasteiger partial charge in [-0.2, -0.15) is 5.10 Å². The van der Waals surface area contributed by atoms with Crippen LogP contribution >= 0.6 is 11.8 Å². The third kappa shape index (κ3) is 5.71. The van der Waals surface area contributed by atoms with E-state index in [-0.39, 0.29) is 11.3 Å². The summed E-state index contributed by atoms with van der Waals surface area (Å²) in [6.07, 6.45) is 6.62. The summed E-state index contributed by atoms with van der Waals surface area (Å²) in [6.45, 7) is 11.8. The van der Waals surface area contributed by atoms with Crippen LogP contribution in [0.4, 0.5) is 5.82 Å². The average molecular weight is 481 g/mol. The van der Waals surface area contributed by atoms with E-state index in [9.17, 15) is 4.79 Å². The Morgan fingerprint density at radius 1 is 1.09 bits per heavy atom. The molecular formula is C26H36N6OS. The zero-order chi connectivity index (χ0) is 24.1. The van der Waals surface area contributed by atoms with Crippen LogP contribution in [-0.2, 0) is 12.0 Å². The molecule has 34 heavy (non-hydrogen) atoms. The number of thioether (sulfide) groups is 1. The number of hydrogen-bond donors (Lipinski definition) is 1. The van der Waals surface area contributed by atoms with E-state index in [2.05, 4.69) is 43.0 Å². The van der Waals surface area contributed by atoms with Crippen molar-refractivity contribution in [2.45, 2.75) is 70.5 Å². The number of amides is 1. The van der Waals surface area contributed by atoms with E-state index in [1.54, 1.807) is 11.8 Å². The van der Waals surface area contributed by atoms with E-state index in [0.717, 1.165) is 47.3 Å². The number of piperidine rings is 1. The Morgan fingerprint density at radius 3 is 2.50 bits per heavy atom. The van der Waals surface area contributed by atoms with E-state index in [1.807, 2.05) is 35.1 Å². The molecule has 0 aliphatic carbocycles. The molecule has 1 N–H and O–H groups in total. The second-order valence-electron chi connectivity index (χ2n) is 9.91. The van der Waals surface area contributed by atoms with Crippen LogP contribution in [-0.4, -0.2) is 51.0 Å². The maximum atomic E-state index is 12.7. The lowest BCUT2D eigenvalue weighted by molar-refractivity contribution is 0.0952. The molecule has 0 saturated carbocycles. The summed E-state index contributed by atoms with van der Waals surface area (Å²) in [6, 6.07) is 7.86. The van der Waals surface area contributed by atoms with Crippen LogP contribution in [0.25, 0.3) is 11.0 Å². The van der Waals surface area contributed by atoms with Crippen molar-refractivity contribution in [1.82, 2.24) is 25.1 Å². The molecule has 3 aromatic rings. The van der Waals surface area contributed by atoms with Crippen molar-refractivity contribution in [3.05, 3.63) is 41.6 Å². The van der Waals surface area contributed by atoms with Gasteiger partial charge in [-0.15, -0.1) is 0 Å². The summed E-state index contributed by atoms with van der Waals surface area (Å²) in [4.78, 5) is 24.8. The summed E-state index contributed by atoms with van der Waals surface area (Å²) >= 11 is 1.69. The van der Waals surface area contributed by atoms with Gasteiger partial charge in [0.1, 0.15) is 5.82 Å². The second kappa shape index (κ2) is 10.8. The SMILES string of the molecule is CCCSc1nc(N2CCCCC2)c2cnn(CCNC(=O)c3ccc(C(C)(C)C)cc3)c2n1. The summed E-state index contributed by atoms with van der Waals surface area (Å²) in [5.41, 5.74) is 2.80. The van der Waals surface area contributed by atoms with E-state index < -0.39 is 0 Å². The van der Waals surface area contributed by atoms with Crippen molar-refractivity contribution in [3.8, 4) is 0 Å². The maximum absolute atomic E-state index is 12.7. The van der Waals surface area contributed by atoms with Crippen LogP contribution < -0.4 is 10.2 Å². The number of nitrogens with zero attached hydrogens (tertiary/aromatic N) is 5. The van der Waals surface area contributed by atoms with Crippen molar-refractivity contribution in [3.63, 3.8) is 0 Å². The molecule has 7 nitrogen and oxygen atoms in total. The quantitative estimate of drug-likeness (QED) is 0.359. The number of hydrogen-bond acceptors (Lipinski definition) is 6. The zero-order valence-electron chi connectivity index (χ0n) is 20.8. The Kier molecular flexibility index (Phi) is 7.76.